The number of alkyl halides is 3. The molecule has 1 heterocycles. The maximum Gasteiger partial charge on any atom is 0.416 e. The molecule has 0 aliphatic carbocycles. The van der Waals surface area contributed by atoms with Gasteiger partial charge < -0.3 is 26.4 Å². The average molecular weight is 513 g/mol. The Hall–Kier alpha value is -3.12. The number of likely N-dealkylation sites (N-methyl/N-ethyl adjacent to an activating group) is 1. The summed E-state index contributed by atoms with van der Waals surface area (Å²) in [7, 11) is 3.64. The fourth-order valence-corrected chi connectivity index (χ4v) is 3.45. The van der Waals surface area contributed by atoms with Gasteiger partial charge in [0.1, 0.15) is 28.9 Å². The van der Waals surface area contributed by atoms with E-state index in [0.717, 1.165) is 12.1 Å². The number of hydrogen-bond acceptors (Lipinski definition) is 10. The zero-order valence-corrected chi connectivity index (χ0v) is 20.4. The van der Waals surface area contributed by atoms with Crippen LogP contribution in [0.1, 0.15) is 29.8 Å². The minimum absolute atomic E-state index is 0.0252. The Kier molecular flexibility index (Phi) is 9.66. The van der Waals surface area contributed by atoms with Gasteiger partial charge in [0.05, 0.1) is 5.56 Å². The number of thioether (sulfide) groups is 1. The first-order valence-corrected chi connectivity index (χ1v) is 11.6. The number of nitrogens with zero attached hydrogens (tertiary/aromatic N) is 4. The third-order valence-corrected chi connectivity index (χ3v) is 5.39. The van der Waals surface area contributed by atoms with Gasteiger partial charge in [0, 0.05) is 18.8 Å². The van der Waals surface area contributed by atoms with Crippen LogP contribution in [0.5, 0.6) is 0 Å². The molecule has 0 radical (unpaired) electrons. The number of nitrogens with one attached hydrogen (secondary N) is 3. The Bertz CT molecular complexity index is 1090. The lowest BCUT2D eigenvalue weighted by molar-refractivity contribution is -0.137. The van der Waals surface area contributed by atoms with Gasteiger partial charge in [-0.25, -0.2) is 4.98 Å². The highest BCUT2D eigenvalue weighted by atomic mass is 32.2. The molecule has 190 valence electrons. The van der Waals surface area contributed by atoms with Crippen molar-refractivity contribution in [1.82, 2.24) is 20.2 Å². The molecule has 1 unspecified atom stereocenters. The molecular weight excluding hydrogens is 485 g/mol. The molecule has 35 heavy (non-hydrogen) atoms. The first-order valence-electron chi connectivity index (χ1n) is 10.3. The summed E-state index contributed by atoms with van der Waals surface area (Å²) in [6, 6.07) is 3.78. The van der Waals surface area contributed by atoms with Crippen molar-refractivity contribution < 1.29 is 23.1 Å². The number of aliphatic hydroxyl groups is 1. The van der Waals surface area contributed by atoms with E-state index in [1.807, 2.05) is 25.1 Å². The number of carbonyl (C=O) groups excluding carboxylic acids is 1. The van der Waals surface area contributed by atoms with Gasteiger partial charge in [-0.2, -0.15) is 23.4 Å². The Balaban J connectivity index is 2.26. The van der Waals surface area contributed by atoms with Crippen molar-refractivity contribution in [3.05, 3.63) is 34.9 Å². The van der Waals surface area contributed by atoms with Gasteiger partial charge in [0.2, 0.25) is 11.9 Å². The summed E-state index contributed by atoms with van der Waals surface area (Å²) in [4.78, 5) is 22.5. The van der Waals surface area contributed by atoms with Crippen LogP contribution in [-0.4, -0.2) is 65.4 Å². The number of aliphatic hydroxyl groups excluding tert-OH is 1. The summed E-state index contributed by atoms with van der Waals surface area (Å²) < 4.78 is 40.4. The van der Waals surface area contributed by atoms with E-state index in [4.69, 9.17) is 5.73 Å². The number of anilines is 3. The van der Waals surface area contributed by atoms with Crippen LogP contribution in [0.2, 0.25) is 0 Å². The molecule has 0 fully saturated rings. The molecule has 14 heteroatoms. The van der Waals surface area contributed by atoms with E-state index in [9.17, 15) is 28.3 Å². The number of halogens is 3. The molecule has 10 nitrogen and oxygen atoms in total. The second kappa shape index (κ2) is 12.0. The zero-order chi connectivity index (χ0) is 26.3. The number of hydrogen-bond donors (Lipinski definition) is 5. The highest BCUT2D eigenvalue weighted by molar-refractivity contribution is 7.98. The van der Waals surface area contributed by atoms with Crippen molar-refractivity contribution in [2.75, 3.05) is 49.8 Å². The van der Waals surface area contributed by atoms with E-state index in [2.05, 4.69) is 25.9 Å². The van der Waals surface area contributed by atoms with Crippen molar-refractivity contribution in [1.29, 1.82) is 5.26 Å². The van der Waals surface area contributed by atoms with Gasteiger partial charge in [-0.05, 0) is 51.0 Å². The van der Waals surface area contributed by atoms with Gasteiger partial charge in [0.15, 0.2) is 5.82 Å². The number of aromatic nitrogens is 2. The molecule has 1 amide bonds. The van der Waals surface area contributed by atoms with Crippen LogP contribution in [-0.2, 0) is 11.0 Å². The summed E-state index contributed by atoms with van der Waals surface area (Å²) in [5.74, 6) is -0.781. The van der Waals surface area contributed by atoms with E-state index in [-0.39, 0.29) is 28.6 Å². The molecule has 6 N–H and O–H groups in total. The van der Waals surface area contributed by atoms with Crippen LogP contribution < -0.4 is 21.7 Å². The lowest BCUT2D eigenvalue weighted by atomic mass is 10.1. The minimum atomic E-state index is -4.70. The number of nitrogens with two attached hydrogens (primary N) is 1. The molecule has 0 saturated carbocycles. The smallest absolute Gasteiger partial charge is 0.374 e. The van der Waals surface area contributed by atoms with Crippen molar-refractivity contribution in [2.24, 2.45) is 0 Å². The lowest BCUT2D eigenvalue weighted by Gasteiger charge is -2.20. The standard InChI is InChI=1S/C21H27F3N8O2S/c1-11(28-16-15(10-25)19(35-4)31-20(26)30-16)17(33)29-14-8-12(7-13(9-14)21(22,23)24)18(34)27-5-6-32(2)3/h7-9,11,18,27,34H,5-6H2,1-4H3,(H,29,33)(H3,26,28,30,31)/t11-,18?/m0/s1. The molecule has 2 aromatic rings. The van der Waals surface area contributed by atoms with Crippen LogP contribution >= 0.6 is 11.8 Å². The number of amides is 1. The fourth-order valence-electron chi connectivity index (χ4n) is 2.92. The topological polar surface area (TPSA) is 152 Å². The van der Waals surface area contributed by atoms with Gasteiger partial charge in [0.25, 0.3) is 0 Å². The van der Waals surface area contributed by atoms with Crippen molar-refractivity contribution in [2.45, 2.75) is 30.4 Å². The molecule has 1 aromatic carbocycles. The molecule has 1 aromatic heterocycles. The third-order valence-electron chi connectivity index (χ3n) is 4.71. The quantitative estimate of drug-likeness (QED) is 0.182. The van der Waals surface area contributed by atoms with E-state index in [1.165, 1.54) is 24.8 Å². The van der Waals surface area contributed by atoms with Crippen molar-refractivity contribution >= 4 is 35.1 Å². The third kappa shape index (κ3) is 7.96. The predicted molar refractivity (Wildman–Crippen MR) is 128 cm³/mol. The number of carbonyl (C=O) groups is 1. The summed E-state index contributed by atoms with van der Waals surface area (Å²) in [5, 5.41) is 28.0. The van der Waals surface area contributed by atoms with Crippen molar-refractivity contribution in [3.8, 4) is 6.07 Å². The predicted octanol–water partition coefficient (Wildman–Crippen LogP) is 2.25. The monoisotopic (exact) mass is 512 g/mol. The molecule has 0 saturated heterocycles. The van der Waals surface area contributed by atoms with Gasteiger partial charge in [-0.1, -0.05) is 0 Å². The SMILES string of the molecule is CSc1nc(N)nc(N[C@@H](C)C(=O)Nc2cc(C(O)NCCN(C)C)cc(C(F)(F)F)c2)c1C#N. The van der Waals surface area contributed by atoms with Crippen LogP contribution in [0.4, 0.5) is 30.6 Å². The van der Waals surface area contributed by atoms with Crippen LogP contribution in [0.3, 0.4) is 0 Å². The second-order valence-corrected chi connectivity index (χ2v) is 8.58. The van der Waals surface area contributed by atoms with E-state index in [1.54, 1.807) is 6.26 Å². The summed E-state index contributed by atoms with van der Waals surface area (Å²) in [6.07, 6.45) is -4.38. The first-order chi connectivity index (χ1) is 16.3. The zero-order valence-electron chi connectivity index (χ0n) is 19.6. The summed E-state index contributed by atoms with van der Waals surface area (Å²) >= 11 is 1.17. The molecular formula is C21H27F3N8O2S. The average Bonchev–Trinajstić information content (AvgIpc) is 2.77. The normalized spacial score (nSPS) is 13.3. The van der Waals surface area contributed by atoms with Crippen LogP contribution in [0, 0.1) is 11.3 Å². The maximum atomic E-state index is 13.5. The molecule has 2 rings (SSSR count). The first kappa shape index (κ1) is 28.1. The van der Waals surface area contributed by atoms with E-state index < -0.39 is 29.9 Å². The Labute approximate surface area is 205 Å². The Morgan fingerprint density at radius 3 is 2.57 bits per heavy atom. The highest BCUT2D eigenvalue weighted by Crippen LogP contribution is 2.33. The Morgan fingerprint density at radius 1 is 1.31 bits per heavy atom. The summed E-state index contributed by atoms with van der Waals surface area (Å²) in [6.45, 7) is 2.33. The number of rotatable bonds is 10. The Morgan fingerprint density at radius 2 is 2.00 bits per heavy atom. The van der Waals surface area contributed by atoms with E-state index >= 15 is 0 Å². The number of benzene rings is 1. The van der Waals surface area contributed by atoms with E-state index in [0.29, 0.717) is 18.1 Å². The van der Waals surface area contributed by atoms with Crippen LogP contribution in [0.15, 0.2) is 23.2 Å². The minimum Gasteiger partial charge on any atom is -0.374 e. The number of nitrogen functional groups attached to an aromatic ring is 1. The van der Waals surface area contributed by atoms with Gasteiger partial charge in [-0.15, -0.1) is 11.8 Å². The number of nitriles is 1. The molecule has 0 aliphatic heterocycles. The van der Waals surface area contributed by atoms with Crippen molar-refractivity contribution in [3.63, 3.8) is 0 Å². The molecule has 0 spiro atoms. The fraction of sp³-hybridized carbons (Fsp3) is 0.429. The molecule has 2 atom stereocenters. The maximum absolute atomic E-state index is 13.5. The molecule has 0 aliphatic rings. The summed E-state index contributed by atoms with van der Waals surface area (Å²) in [5.41, 5.74) is 4.50. The van der Waals surface area contributed by atoms with Crippen LogP contribution in [0.25, 0.3) is 0 Å². The highest BCUT2D eigenvalue weighted by Gasteiger charge is 2.32. The largest absolute Gasteiger partial charge is 0.416 e. The van der Waals surface area contributed by atoms with Gasteiger partial charge in [-0.3, -0.25) is 10.1 Å². The molecule has 0 bridgehead atoms. The second-order valence-electron chi connectivity index (χ2n) is 7.78. The lowest BCUT2D eigenvalue weighted by Crippen LogP contribution is -2.33. The van der Waals surface area contributed by atoms with Gasteiger partial charge >= 0.3 is 6.18 Å².